The Hall–Kier alpha value is -4.70. The third kappa shape index (κ3) is 3.53. The molecule has 0 saturated heterocycles. The molecule has 0 N–H and O–H groups in total. The van der Waals surface area contributed by atoms with Crippen molar-refractivity contribution in [1.29, 1.82) is 0 Å². The lowest BCUT2D eigenvalue weighted by Crippen LogP contribution is -1.94. The highest BCUT2D eigenvalue weighted by Crippen LogP contribution is 2.45. The Bertz CT molecular complexity index is 2380. The van der Waals surface area contributed by atoms with Crippen LogP contribution in [0.15, 0.2) is 140 Å². The minimum atomic E-state index is 1.18. The molecule has 0 fully saturated rings. The van der Waals surface area contributed by atoms with Gasteiger partial charge >= 0.3 is 0 Å². The van der Waals surface area contributed by atoms with E-state index in [1.54, 1.807) is 0 Å². The van der Waals surface area contributed by atoms with Crippen LogP contribution in [0.2, 0.25) is 0 Å². The molecule has 0 radical (unpaired) electrons. The molecule has 0 amide bonds. The molecule has 0 aliphatic heterocycles. The van der Waals surface area contributed by atoms with Gasteiger partial charge in [0.1, 0.15) is 0 Å². The van der Waals surface area contributed by atoms with Gasteiger partial charge in [-0.25, -0.2) is 0 Å². The summed E-state index contributed by atoms with van der Waals surface area (Å²) >= 11 is 3.82. The quantitative estimate of drug-likeness (QED) is 0.204. The summed E-state index contributed by atoms with van der Waals surface area (Å²) < 4.78 is 6.52. The van der Waals surface area contributed by atoms with Crippen LogP contribution in [-0.2, 0) is 0 Å². The molecule has 9 rings (SSSR count). The van der Waals surface area contributed by atoms with E-state index in [-0.39, 0.29) is 0 Å². The fraction of sp³-hybridized carbons (Fsp3) is 0. The van der Waals surface area contributed by atoms with Gasteiger partial charge in [0.15, 0.2) is 0 Å². The maximum atomic E-state index is 2.39. The monoisotopic (exact) mass is 557 g/mol. The van der Waals surface area contributed by atoms with Crippen molar-refractivity contribution in [2.45, 2.75) is 0 Å². The standard InChI is InChI=1S/C38H23NS2/c1-4-16-33-29(13-1)30-14-2-5-17-34(30)39(33)28-12-8-11-26(22-28)24-9-7-10-25(21-24)27-19-20-36-32(23-27)37-31-15-3-6-18-35(31)40-38(37)41-36/h1-23H. The Labute approximate surface area is 245 Å². The van der Waals surface area contributed by atoms with Crippen molar-refractivity contribution in [2.75, 3.05) is 0 Å². The molecule has 6 aromatic carbocycles. The highest BCUT2D eigenvalue weighted by atomic mass is 32.2. The molecule has 3 aromatic heterocycles. The average Bonchev–Trinajstić information content (AvgIpc) is 3.69. The summed E-state index contributed by atoms with van der Waals surface area (Å²) in [6.45, 7) is 0. The molecule has 1 nitrogen and oxygen atoms in total. The second kappa shape index (κ2) is 8.90. The molecular formula is C38H23NS2. The highest BCUT2D eigenvalue weighted by Gasteiger charge is 2.14. The molecule has 0 spiro atoms. The predicted octanol–water partition coefficient (Wildman–Crippen LogP) is 11.7. The van der Waals surface area contributed by atoms with Gasteiger partial charge < -0.3 is 4.57 Å². The molecule has 192 valence electrons. The van der Waals surface area contributed by atoms with Crippen molar-refractivity contribution < 1.29 is 0 Å². The lowest BCUT2D eigenvalue weighted by Gasteiger charge is -2.11. The van der Waals surface area contributed by atoms with E-state index < -0.39 is 0 Å². The molecule has 9 aromatic rings. The summed E-state index contributed by atoms with van der Waals surface area (Å²) in [7, 11) is 0. The van der Waals surface area contributed by atoms with Crippen LogP contribution in [0.5, 0.6) is 0 Å². The van der Waals surface area contributed by atoms with Gasteiger partial charge in [-0.2, -0.15) is 0 Å². The van der Waals surface area contributed by atoms with Crippen molar-refractivity contribution in [2.24, 2.45) is 0 Å². The zero-order valence-corrected chi connectivity index (χ0v) is 23.7. The van der Waals surface area contributed by atoms with Crippen molar-refractivity contribution in [1.82, 2.24) is 4.57 Å². The van der Waals surface area contributed by atoms with Gasteiger partial charge in [0.05, 0.1) is 15.0 Å². The van der Waals surface area contributed by atoms with Crippen molar-refractivity contribution in [3.8, 4) is 27.9 Å². The fourth-order valence-corrected chi connectivity index (χ4v) is 8.93. The van der Waals surface area contributed by atoms with E-state index in [1.807, 2.05) is 22.7 Å². The van der Waals surface area contributed by atoms with Crippen molar-refractivity contribution >= 4 is 74.1 Å². The average molecular weight is 558 g/mol. The van der Waals surface area contributed by atoms with Crippen LogP contribution in [0.3, 0.4) is 0 Å². The smallest absolute Gasteiger partial charge is 0.0890 e. The molecule has 3 heteroatoms. The third-order valence-corrected chi connectivity index (χ3v) is 10.7. The van der Waals surface area contributed by atoms with E-state index in [4.69, 9.17) is 0 Å². The van der Waals surface area contributed by atoms with Gasteiger partial charge in [-0.3, -0.25) is 0 Å². The number of para-hydroxylation sites is 2. The Balaban J connectivity index is 1.17. The van der Waals surface area contributed by atoms with E-state index in [0.717, 1.165) is 0 Å². The largest absolute Gasteiger partial charge is 0.309 e. The number of aromatic nitrogens is 1. The zero-order valence-electron chi connectivity index (χ0n) is 22.0. The number of hydrogen-bond donors (Lipinski definition) is 0. The van der Waals surface area contributed by atoms with Crippen LogP contribution in [0.4, 0.5) is 0 Å². The normalized spacial score (nSPS) is 11.9. The van der Waals surface area contributed by atoms with Crippen LogP contribution in [0.25, 0.3) is 79.3 Å². The molecule has 0 aliphatic carbocycles. The number of thiophene rings is 2. The van der Waals surface area contributed by atoms with Crippen LogP contribution in [0.1, 0.15) is 0 Å². The molecule has 0 saturated carbocycles. The number of benzene rings is 6. The predicted molar refractivity (Wildman–Crippen MR) is 180 cm³/mol. The SMILES string of the molecule is c1cc(-c2cccc(-n3c4ccccc4c4ccccc43)c2)cc(-c2ccc3sc4sc5ccccc5c4c3c2)c1. The minimum absolute atomic E-state index is 1.18. The van der Waals surface area contributed by atoms with Crippen LogP contribution >= 0.6 is 22.7 Å². The number of fused-ring (bicyclic) bond motifs is 8. The molecule has 41 heavy (non-hydrogen) atoms. The molecular weight excluding hydrogens is 535 g/mol. The summed E-state index contributed by atoms with van der Waals surface area (Å²) in [6.07, 6.45) is 0. The topological polar surface area (TPSA) is 4.93 Å². The summed E-state index contributed by atoms with van der Waals surface area (Å²) in [5.74, 6) is 0. The molecule has 0 atom stereocenters. The van der Waals surface area contributed by atoms with E-state index in [2.05, 4.69) is 144 Å². The first-order valence-electron chi connectivity index (χ1n) is 13.9. The Morgan fingerprint density at radius 3 is 1.68 bits per heavy atom. The molecule has 0 unspecified atom stereocenters. The Morgan fingerprint density at radius 2 is 0.951 bits per heavy atom. The molecule has 3 heterocycles. The fourth-order valence-electron chi connectivity index (χ4n) is 6.35. The first kappa shape index (κ1) is 23.0. The highest BCUT2D eigenvalue weighted by molar-refractivity contribution is 7.44. The van der Waals surface area contributed by atoms with E-state index in [0.29, 0.717) is 0 Å². The summed E-state index contributed by atoms with van der Waals surface area (Å²) in [6, 6.07) is 51.0. The lowest BCUT2D eigenvalue weighted by molar-refractivity contribution is 1.18. The Morgan fingerprint density at radius 1 is 0.390 bits per heavy atom. The van der Waals surface area contributed by atoms with E-state index in [9.17, 15) is 0 Å². The lowest BCUT2D eigenvalue weighted by atomic mass is 9.97. The number of nitrogens with zero attached hydrogens (tertiary/aromatic N) is 1. The maximum absolute atomic E-state index is 2.39. The van der Waals surface area contributed by atoms with E-state index in [1.165, 1.54) is 79.3 Å². The van der Waals surface area contributed by atoms with Crippen molar-refractivity contribution in [3.63, 3.8) is 0 Å². The number of hydrogen-bond acceptors (Lipinski definition) is 2. The summed E-state index contributed by atoms with van der Waals surface area (Å²) in [5, 5.41) is 6.70. The van der Waals surface area contributed by atoms with Gasteiger partial charge in [-0.15, -0.1) is 22.7 Å². The third-order valence-electron chi connectivity index (χ3n) is 8.23. The summed E-state index contributed by atoms with van der Waals surface area (Å²) in [5.41, 5.74) is 8.58. The van der Waals surface area contributed by atoms with Crippen LogP contribution in [0, 0.1) is 0 Å². The van der Waals surface area contributed by atoms with Crippen LogP contribution < -0.4 is 0 Å². The maximum Gasteiger partial charge on any atom is 0.0890 e. The number of rotatable bonds is 3. The minimum Gasteiger partial charge on any atom is -0.309 e. The zero-order chi connectivity index (χ0) is 26.9. The van der Waals surface area contributed by atoms with Crippen molar-refractivity contribution in [3.05, 3.63) is 140 Å². The molecule has 0 aliphatic rings. The first-order valence-corrected chi connectivity index (χ1v) is 15.5. The van der Waals surface area contributed by atoms with Gasteiger partial charge in [0, 0.05) is 42.0 Å². The van der Waals surface area contributed by atoms with Gasteiger partial charge in [0.25, 0.3) is 0 Å². The second-order valence-corrected chi connectivity index (χ2v) is 12.9. The van der Waals surface area contributed by atoms with Crippen LogP contribution in [-0.4, -0.2) is 4.57 Å². The Kier molecular flexibility index (Phi) is 5.00. The first-order chi connectivity index (χ1) is 20.3. The second-order valence-electron chi connectivity index (χ2n) is 10.6. The van der Waals surface area contributed by atoms with E-state index >= 15 is 0 Å². The molecule has 0 bridgehead atoms. The van der Waals surface area contributed by atoms with Gasteiger partial charge in [0.2, 0.25) is 0 Å². The summed E-state index contributed by atoms with van der Waals surface area (Å²) in [4.78, 5) is 0. The van der Waals surface area contributed by atoms with Gasteiger partial charge in [-0.05, 0) is 70.8 Å². The van der Waals surface area contributed by atoms with Gasteiger partial charge in [-0.1, -0.05) is 91.0 Å².